The van der Waals surface area contributed by atoms with Crippen LogP contribution in [0.25, 0.3) is 0 Å². The Hall–Kier alpha value is -1.02. The normalized spacial score (nSPS) is 12.7. The molecule has 0 aliphatic carbocycles. The average molecular weight is 277 g/mol. The third-order valence-electron chi connectivity index (χ3n) is 3.85. The molecular weight excluding hydrogens is 246 g/mol. The van der Waals surface area contributed by atoms with E-state index in [1.165, 1.54) is 24.8 Å². The molecule has 0 aromatic heterocycles. The summed E-state index contributed by atoms with van der Waals surface area (Å²) in [4.78, 5) is 0. The highest BCUT2D eigenvalue weighted by molar-refractivity contribution is 5.29. The van der Waals surface area contributed by atoms with Gasteiger partial charge in [-0.25, -0.2) is 0 Å². The molecule has 1 atom stereocenters. The predicted molar refractivity (Wildman–Crippen MR) is 87.3 cm³/mol. The van der Waals surface area contributed by atoms with Gasteiger partial charge in [0, 0.05) is 6.04 Å². The van der Waals surface area contributed by atoms with Gasteiger partial charge in [0.05, 0.1) is 6.61 Å². The lowest BCUT2D eigenvalue weighted by atomic mass is 9.88. The molecule has 0 aliphatic rings. The van der Waals surface area contributed by atoms with E-state index in [2.05, 4.69) is 57.3 Å². The summed E-state index contributed by atoms with van der Waals surface area (Å²) in [6.45, 7) is 10.8. The van der Waals surface area contributed by atoms with Crippen molar-refractivity contribution in [3.63, 3.8) is 0 Å². The van der Waals surface area contributed by atoms with Crippen molar-refractivity contribution in [2.45, 2.75) is 59.4 Å². The number of hydrogen-bond donors (Lipinski definition) is 1. The Bertz CT molecular complexity index is 343. The maximum atomic E-state index is 5.66. The van der Waals surface area contributed by atoms with Gasteiger partial charge in [-0.3, -0.25) is 0 Å². The standard InChI is InChI=1S/C18H31NO/c1-5-13-19-18(15(7-3)8-4)16-9-11-17(12-10-16)20-14-6-2/h9-12,15,18-19H,5-8,13-14H2,1-4H3. The Kier molecular flexibility index (Phi) is 8.36. The molecule has 0 saturated carbocycles. The summed E-state index contributed by atoms with van der Waals surface area (Å²) in [6, 6.07) is 9.11. The van der Waals surface area contributed by atoms with Gasteiger partial charge in [-0.2, -0.15) is 0 Å². The first-order valence-electron chi connectivity index (χ1n) is 8.22. The van der Waals surface area contributed by atoms with Gasteiger partial charge in [0.25, 0.3) is 0 Å². The van der Waals surface area contributed by atoms with Crippen molar-refractivity contribution in [2.24, 2.45) is 5.92 Å². The molecule has 2 heteroatoms. The topological polar surface area (TPSA) is 21.3 Å². The molecule has 1 unspecified atom stereocenters. The van der Waals surface area contributed by atoms with Crippen molar-refractivity contribution in [1.82, 2.24) is 5.32 Å². The van der Waals surface area contributed by atoms with E-state index in [9.17, 15) is 0 Å². The molecule has 1 N–H and O–H groups in total. The third kappa shape index (κ3) is 5.16. The monoisotopic (exact) mass is 277 g/mol. The molecule has 1 aromatic carbocycles. The second-order valence-corrected chi connectivity index (χ2v) is 5.43. The molecule has 2 nitrogen and oxygen atoms in total. The van der Waals surface area contributed by atoms with Crippen molar-refractivity contribution in [1.29, 1.82) is 0 Å². The van der Waals surface area contributed by atoms with E-state index in [-0.39, 0.29) is 0 Å². The van der Waals surface area contributed by atoms with Gasteiger partial charge in [0.15, 0.2) is 0 Å². The molecule has 0 saturated heterocycles. The fraction of sp³-hybridized carbons (Fsp3) is 0.667. The Balaban J connectivity index is 2.78. The lowest BCUT2D eigenvalue weighted by Gasteiger charge is -2.27. The zero-order valence-corrected chi connectivity index (χ0v) is 13.6. The van der Waals surface area contributed by atoms with E-state index in [4.69, 9.17) is 4.74 Å². The predicted octanol–water partition coefficient (Wildman–Crippen LogP) is 4.95. The van der Waals surface area contributed by atoms with Crippen LogP contribution in [0.15, 0.2) is 24.3 Å². The van der Waals surface area contributed by atoms with E-state index in [0.29, 0.717) is 12.0 Å². The van der Waals surface area contributed by atoms with Crippen LogP contribution < -0.4 is 10.1 Å². The third-order valence-corrected chi connectivity index (χ3v) is 3.85. The fourth-order valence-corrected chi connectivity index (χ4v) is 2.61. The number of benzene rings is 1. The molecule has 0 radical (unpaired) electrons. The molecule has 20 heavy (non-hydrogen) atoms. The van der Waals surface area contributed by atoms with E-state index in [1.54, 1.807) is 0 Å². The summed E-state index contributed by atoms with van der Waals surface area (Å²) in [5.41, 5.74) is 1.39. The van der Waals surface area contributed by atoms with Crippen LogP contribution in [0.5, 0.6) is 5.75 Å². The van der Waals surface area contributed by atoms with Crippen LogP contribution in [-0.4, -0.2) is 13.2 Å². The first-order chi connectivity index (χ1) is 9.76. The lowest BCUT2D eigenvalue weighted by Crippen LogP contribution is -2.28. The molecule has 0 spiro atoms. The summed E-state index contributed by atoms with van der Waals surface area (Å²) in [7, 11) is 0. The average Bonchev–Trinajstić information content (AvgIpc) is 2.50. The van der Waals surface area contributed by atoms with E-state index < -0.39 is 0 Å². The number of nitrogens with one attached hydrogen (secondary N) is 1. The molecule has 1 aromatic rings. The molecule has 0 bridgehead atoms. The molecule has 114 valence electrons. The molecule has 0 fully saturated rings. The summed E-state index contributed by atoms with van der Waals surface area (Å²) < 4.78 is 5.66. The van der Waals surface area contributed by atoms with E-state index in [1.807, 2.05) is 0 Å². The summed E-state index contributed by atoms with van der Waals surface area (Å²) in [5.74, 6) is 1.68. The first-order valence-corrected chi connectivity index (χ1v) is 8.22. The van der Waals surface area contributed by atoms with Crippen LogP contribution in [0.4, 0.5) is 0 Å². The Labute approximate surface area is 124 Å². The van der Waals surface area contributed by atoms with Gasteiger partial charge in [0.1, 0.15) is 5.75 Å². The maximum absolute atomic E-state index is 5.66. The van der Waals surface area contributed by atoms with Crippen molar-refractivity contribution in [2.75, 3.05) is 13.2 Å². The smallest absolute Gasteiger partial charge is 0.119 e. The van der Waals surface area contributed by atoms with Gasteiger partial charge < -0.3 is 10.1 Å². The lowest BCUT2D eigenvalue weighted by molar-refractivity contribution is 0.316. The second-order valence-electron chi connectivity index (χ2n) is 5.43. The van der Waals surface area contributed by atoms with Crippen LogP contribution >= 0.6 is 0 Å². The fourth-order valence-electron chi connectivity index (χ4n) is 2.61. The molecule has 0 heterocycles. The SMILES string of the molecule is CCCNC(c1ccc(OCCC)cc1)C(CC)CC. The van der Waals surface area contributed by atoms with Crippen molar-refractivity contribution in [3.05, 3.63) is 29.8 Å². The van der Waals surface area contributed by atoms with Crippen LogP contribution in [-0.2, 0) is 0 Å². The number of ether oxygens (including phenoxy) is 1. The van der Waals surface area contributed by atoms with Crippen LogP contribution in [0.2, 0.25) is 0 Å². The number of hydrogen-bond acceptors (Lipinski definition) is 2. The molecule has 1 rings (SSSR count). The Morgan fingerprint density at radius 1 is 0.950 bits per heavy atom. The van der Waals surface area contributed by atoms with Crippen LogP contribution in [0, 0.1) is 5.92 Å². The first kappa shape index (κ1) is 17.0. The molecular formula is C18H31NO. The minimum absolute atomic E-state index is 0.463. The minimum atomic E-state index is 0.463. The van der Waals surface area contributed by atoms with Gasteiger partial charge in [0.2, 0.25) is 0 Å². The van der Waals surface area contributed by atoms with Crippen molar-refractivity contribution >= 4 is 0 Å². The molecule has 0 amide bonds. The van der Waals surface area contributed by atoms with Crippen molar-refractivity contribution in [3.8, 4) is 5.75 Å². The van der Waals surface area contributed by atoms with Crippen molar-refractivity contribution < 1.29 is 4.74 Å². The zero-order chi connectivity index (χ0) is 14.8. The highest BCUT2D eigenvalue weighted by Crippen LogP contribution is 2.28. The van der Waals surface area contributed by atoms with E-state index >= 15 is 0 Å². The minimum Gasteiger partial charge on any atom is -0.494 e. The summed E-state index contributed by atoms with van der Waals surface area (Å²) in [6.07, 6.45) is 4.66. The highest BCUT2D eigenvalue weighted by Gasteiger charge is 2.19. The van der Waals surface area contributed by atoms with Gasteiger partial charge in [-0.05, 0) is 43.0 Å². The Morgan fingerprint density at radius 2 is 1.60 bits per heavy atom. The Morgan fingerprint density at radius 3 is 2.10 bits per heavy atom. The van der Waals surface area contributed by atoms with Crippen LogP contribution in [0.1, 0.15) is 65.0 Å². The number of rotatable bonds is 10. The highest BCUT2D eigenvalue weighted by atomic mass is 16.5. The van der Waals surface area contributed by atoms with Gasteiger partial charge >= 0.3 is 0 Å². The summed E-state index contributed by atoms with van der Waals surface area (Å²) >= 11 is 0. The van der Waals surface area contributed by atoms with Gasteiger partial charge in [-0.15, -0.1) is 0 Å². The van der Waals surface area contributed by atoms with E-state index in [0.717, 1.165) is 25.3 Å². The maximum Gasteiger partial charge on any atom is 0.119 e. The molecule has 0 aliphatic heterocycles. The summed E-state index contributed by atoms with van der Waals surface area (Å²) in [5, 5.41) is 3.71. The van der Waals surface area contributed by atoms with Gasteiger partial charge in [-0.1, -0.05) is 52.7 Å². The van der Waals surface area contributed by atoms with Crippen LogP contribution in [0.3, 0.4) is 0 Å². The quantitative estimate of drug-likeness (QED) is 0.653. The second kappa shape index (κ2) is 9.82. The largest absolute Gasteiger partial charge is 0.494 e. The zero-order valence-electron chi connectivity index (χ0n) is 13.6.